The zero-order valence-corrected chi connectivity index (χ0v) is 15.1. The van der Waals surface area contributed by atoms with Crippen LogP contribution in [0.2, 0.25) is 0 Å². The first-order chi connectivity index (χ1) is 11.9. The Balaban J connectivity index is 2.54. The quantitative estimate of drug-likeness (QED) is 0.260. The molecule has 25 heavy (non-hydrogen) atoms. The largest absolute Gasteiger partial charge is 0.464 e. The lowest BCUT2D eigenvalue weighted by Gasteiger charge is -2.21. The Morgan fingerprint density at radius 1 is 1.20 bits per heavy atom. The van der Waals surface area contributed by atoms with Gasteiger partial charge < -0.3 is 14.2 Å². The Hall–Kier alpha value is -2.12. The van der Waals surface area contributed by atoms with Gasteiger partial charge in [-0.05, 0) is 39.3 Å². The van der Waals surface area contributed by atoms with Crippen molar-refractivity contribution in [2.75, 3.05) is 26.4 Å². The second-order valence-corrected chi connectivity index (χ2v) is 5.64. The summed E-state index contributed by atoms with van der Waals surface area (Å²) in [5.41, 5.74) is 1.23. The van der Waals surface area contributed by atoms with E-state index >= 15 is 0 Å². The Morgan fingerprint density at radius 3 is 2.52 bits per heavy atom. The lowest BCUT2D eigenvalue weighted by atomic mass is 9.90. The van der Waals surface area contributed by atoms with E-state index in [1.54, 1.807) is 26.1 Å². The fraction of sp³-hybridized carbons (Fsp3) is 0.556. The van der Waals surface area contributed by atoms with Crippen molar-refractivity contribution in [1.82, 2.24) is 4.98 Å². The molecule has 0 N–H and O–H groups in total. The molecule has 7 nitrogen and oxygen atoms in total. The number of carbonyl (C=O) groups excluding carboxylic acids is 3. The van der Waals surface area contributed by atoms with Gasteiger partial charge in [0.15, 0.2) is 5.78 Å². The normalized spacial score (nSPS) is 13.1. The van der Waals surface area contributed by atoms with Gasteiger partial charge in [0.05, 0.1) is 25.9 Å². The molecule has 1 aromatic heterocycles. The van der Waals surface area contributed by atoms with Crippen molar-refractivity contribution in [3.05, 3.63) is 29.6 Å². The van der Waals surface area contributed by atoms with Crippen LogP contribution in [-0.2, 0) is 23.8 Å². The van der Waals surface area contributed by atoms with Gasteiger partial charge in [0.1, 0.15) is 18.3 Å². The van der Waals surface area contributed by atoms with E-state index in [4.69, 9.17) is 14.2 Å². The maximum Gasteiger partial charge on any atom is 0.332 e. The minimum absolute atomic E-state index is 0.156. The summed E-state index contributed by atoms with van der Waals surface area (Å²) in [6, 6.07) is 1.69. The van der Waals surface area contributed by atoms with Crippen LogP contribution in [0.5, 0.6) is 0 Å². The third-order valence-corrected chi connectivity index (χ3v) is 3.48. The van der Waals surface area contributed by atoms with Gasteiger partial charge in [-0.3, -0.25) is 14.6 Å². The van der Waals surface area contributed by atoms with Gasteiger partial charge in [-0.1, -0.05) is 0 Å². The molecule has 0 aliphatic heterocycles. The van der Waals surface area contributed by atoms with E-state index in [9.17, 15) is 14.4 Å². The number of esters is 1. The van der Waals surface area contributed by atoms with Gasteiger partial charge in [-0.2, -0.15) is 0 Å². The van der Waals surface area contributed by atoms with Gasteiger partial charge >= 0.3 is 5.97 Å². The van der Waals surface area contributed by atoms with Crippen LogP contribution < -0.4 is 0 Å². The maximum absolute atomic E-state index is 12.6. The van der Waals surface area contributed by atoms with Crippen molar-refractivity contribution in [2.24, 2.45) is 5.92 Å². The molecule has 138 valence electrons. The van der Waals surface area contributed by atoms with E-state index in [1.807, 2.05) is 6.92 Å². The standard InChI is InChI=1S/C18H25NO6/c1-5-24-16(21)11-23-6-7-25-14(4)17(13(3)20)18(22)15-8-12(2)9-19-10-15/h8-10,14,17H,5-7,11H2,1-4H3. The summed E-state index contributed by atoms with van der Waals surface area (Å²) in [4.78, 5) is 39.6. The first-order valence-electron chi connectivity index (χ1n) is 8.18. The molecule has 0 radical (unpaired) electrons. The van der Waals surface area contributed by atoms with Gasteiger partial charge in [0.2, 0.25) is 0 Å². The number of aromatic nitrogens is 1. The lowest BCUT2D eigenvalue weighted by molar-refractivity contribution is -0.149. The van der Waals surface area contributed by atoms with Gasteiger partial charge in [0, 0.05) is 18.0 Å². The SMILES string of the molecule is CCOC(=O)COCCOC(C)C(C(C)=O)C(=O)c1cncc(C)c1. The summed E-state index contributed by atoms with van der Waals surface area (Å²) in [6.45, 7) is 7.03. The molecule has 2 unspecified atom stereocenters. The van der Waals surface area contributed by atoms with Crippen LogP contribution in [0.1, 0.15) is 36.7 Å². The fourth-order valence-corrected chi connectivity index (χ4v) is 2.34. The monoisotopic (exact) mass is 351 g/mol. The predicted octanol–water partition coefficient (Wildman–Crippen LogP) is 1.76. The Morgan fingerprint density at radius 2 is 1.92 bits per heavy atom. The van der Waals surface area contributed by atoms with Crippen LogP contribution in [-0.4, -0.2) is 55.1 Å². The zero-order valence-electron chi connectivity index (χ0n) is 15.1. The number of pyridine rings is 1. The minimum atomic E-state index is -0.909. The molecule has 0 fully saturated rings. The highest BCUT2D eigenvalue weighted by molar-refractivity contribution is 6.10. The van der Waals surface area contributed by atoms with E-state index in [1.165, 1.54) is 13.1 Å². The van der Waals surface area contributed by atoms with Crippen LogP contribution in [0.4, 0.5) is 0 Å². The molecule has 0 bridgehead atoms. The molecular weight excluding hydrogens is 326 g/mol. The van der Waals surface area contributed by atoms with E-state index in [2.05, 4.69) is 4.98 Å². The highest BCUT2D eigenvalue weighted by Crippen LogP contribution is 2.17. The number of hydrogen-bond donors (Lipinski definition) is 0. The molecule has 0 saturated heterocycles. The highest BCUT2D eigenvalue weighted by Gasteiger charge is 2.31. The number of Topliss-reactive ketones (excluding diaryl/α,β-unsaturated/α-hetero) is 2. The summed E-state index contributed by atoms with van der Waals surface area (Å²) in [5, 5.41) is 0. The third-order valence-electron chi connectivity index (χ3n) is 3.48. The van der Waals surface area contributed by atoms with Crippen molar-refractivity contribution in [2.45, 2.75) is 33.8 Å². The van der Waals surface area contributed by atoms with Crippen molar-refractivity contribution in [1.29, 1.82) is 0 Å². The van der Waals surface area contributed by atoms with Crippen LogP contribution in [0.25, 0.3) is 0 Å². The molecule has 7 heteroatoms. The van der Waals surface area contributed by atoms with Crippen LogP contribution in [0.15, 0.2) is 18.5 Å². The number of aryl methyl sites for hydroxylation is 1. The average Bonchev–Trinajstić information content (AvgIpc) is 2.54. The molecular formula is C18H25NO6. The van der Waals surface area contributed by atoms with Crippen molar-refractivity contribution >= 4 is 17.5 Å². The summed E-state index contributed by atoms with van der Waals surface area (Å²) in [7, 11) is 0. The minimum Gasteiger partial charge on any atom is -0.464 e. The van der Waals surface area contributed by atoms with Crippen LogP contribution in [0, 0.1) is 12.8 Å². The molecule has 1 heterocycles. The maximum atomic E-state index is 12.6. The number of ether oxygens (including phenoxy) is 3. The van der Waals surface area contributed by atoms with Gasteiger partial charge in [0.25, 0.3) is 0 Å². The second kappa shape index (κ2) is 10.7. The average molecular weight is 351 g/mol. The fourth-order valence-electron chi connectivity index (χ4n) is 2.34. The summed E-state index contributed by atoms with van der Waals surface area (Å²) in [5.74, 6) is -1.94. The summed E-state index contributed by atoms with van der Waals surface area (Å²) < 4.78 is 15.4. The van der Waals surface area contributed by atoms with Crippen LogP contribution >= 0.6 is 0 Å². The first-order valence-corrected chi connectivity index (χ1v) is 8.18. The highest BCUT2D eigenvalue weighted by atomic mass is 16.6. The second-order valence-electron chi connectivity index (χ2n) is 5.64. The number of ketones is 2. The Bertz CT molecular complexity index is 601. The van der Waals surface area contributed by atoms with E-state index < -0.39 is 18.0 Å². The van der Waals surface area contributed by atoms with Crippen molar-refractivity contribution < 1.29 is 28.6 Å². The number of hydrogen-bond acceptors (Lipinski definition) is 7. The topological polar surface area (TPSA) is 91.8 Å². The molecule has 0 aliphatic carbocycles. The Kier molecular flexibility index (Phi) is 8.94. The summed E-state index contributed by atoms with van der Waals surface area (Å²) >= 11 is 0. The van der Waals surface area contributed by atoms with E-state index in [0.29, 0.717) is 12.2 Å². The molecule has 1 rings (SSSR count). The van der Waals surface area contributed by atoms with E-state index in [0.717, 1.165) is 5.56 Å². The molecule has 0 saturated carbocycles. The number of nitrogens with zero attached hydrogens (tertiary/aromatic N) is 1. The smallest absolute Gasteiger partial charge is 0.332 e. The predicted molar refractivity (Wildman–Crippen MR) is 90.3 cm³/mol. The van der Waals surface area contributed by atoms with Gasteiger partial charge in [-0.15, -0.1) is 0 Å². The summed E-state index contributed by atoms with van der Waals surface area (Å²) in [6.07, 6.45) is 2.47. The Labute approximate surface area is 147 Å². The van der Waals surface area contributed by atoms with Crippen molar-refractivity contribution in [3.63, 3.8) is 0 Å². The first kappa shape index (κ1) is 20.9. The molecule has 1 aromatic rings. The molecule has 2 atom stereocenters. The number of carbonyl (C=O) groups is 3. The molecule has 0 amide bonds. The molecule has 0 aliphatic rings. The van der Waals surface area contributed by atoms with Crippen LogP contribution in [0.3, 0.4) is 0 Å². The molecule has 0 spiro atoms. The van der Waals surface area contributed by atoms with Gasteiger partial charge in [-0.25, -0.2) is 4.79 Å². The lowest BCUT2D eigenvalue weighted by Crippen LogP contribution is -2.35. The van der Waals surface area contributed by atoms with E-state index in [-0.39, 0.29) is 31.4 Å². The van der Waals surface area contributed by atoms with Crippen molar-refractivity contribution in [3.8, 4) is 0 Å². The zero-order chi connectivity index (χ0) is 18.8. The number of rotatable bonds is 11. The molecule has 0 aromatic carbocycles. The third kappa shape index (κ3) is 7.11.